The number of hydrogen-bond donors (Lipinski definition) is 0. The van der Waals surface area contributed by atoms with Crippen LogP contribution in [-0.2, 0) is 10.0 Å². The van der Waals surface area contributed by atoms with E-state index in [1.807, 2.05) is 13.0 Å². The van der Waals surface area contributed by atoms with Crippen molar-refractivity contribution in [1.82, 2.24) is 13.8 Å². The number of carbonyl (C=O) groups is 1. The highest BCUT2D eigenvalue weighted by Gasteiger charge is 2.33. The topological polar surface area (TPSA) is 71.9 Å². The van der Waals surface area contributed by atoms with Gasteiger partial charge in [-0.05, 0) is 69.9 Å². The first-order valence-corrected chi connectivity index (χ1v) is 12.7. The van der Waals surface area contributed by atoms with E-state index >= 15 is 0 Å². The van der Waals surface area contributed by atoms with Crippen molar-refractivity contribution in [2.75, 3.05) is 39.8 Å². The third kappa shape index (κ3) is 4.23. The summed E-state index contributed by atoms with van der Waals surface area (Å²) >= 11 is 0. The summed E-state index contributed by atoms with van der Waals surface area (Å²) in [5.74, 6) is 0.770. The van der Waals surface area contributed by atoms with Crippen molar-refractivity contribution in [3.8, 4) is 5.75 Å². The smallest absolute Gasteiger partial charge is 0.243 e. The molecule has 1 aromatic heterocycles. The molecule has 0 atom stereocenters. The van der Waals surface area contributed by atoms with E-state index in [4.69, 9.17) is 4.74 Å². The van der Waals surface area contributed by atoms with Crippen molar-refractivity contribution >= 4 is 15.8 Å². The lowest BCUT2D eigenvalue weighted by Gasteiger charge is -2.34. The fraction of sp³-hybridized carbons (Fsp3) is 0.542. The zero-order valence-corrected chi connectivity index (χ0v) is 20.5. The minimum atomic E-state index is -3.60. The number of Topliss-reactive ketones (excluding diaryl/α,β-unsaturated/α-hetero) is 1. The van der Waals surface area contributed by atoms with E-state index in [0.29, 0.717) is 60.5 Å². The van der Waals surface area contributed by atoms with Crippen LogP contribution in [0.1, 0.15) is 51.8 Å². The fourth-order valence-electron chi connectivity index (χ4n) is 4.93. The van der Waals surface area contributed by atoms with Gasteiger partial charge in [-0.1, -0.05) is 0 Å². The summed E-state index contributed by atoms with van der Waals surface area (Å²) in [4.78, 5) is 15.4. The summed E-state index contributed by atoms with van der Waals surface area (Å²) in [5, 5.41) is 0. The third-order valence-electron chi connectivity index (χ3n) is 6.66. The number of aryl methyl sites for hydroxylation is 3. The molecule has 4 rings (SSSR count). The van der Waals surface area contributed by atoms with Crippen molar-refractivity contribution in [3.63, 3.8) is 0 Å². The average molecular weight is 460 g/mol. The second-order valence-corrected chi connectivity index (χ2v) is 11.0. The largest absolute Gasteiger partial charge is 0.497 e. The molecule has 0 N–H and O–H groups in total. The number of carbonyl (C=O) groups excluding carboxylic acids is 1. The first kappa shape index (κ1) is 23.0. The zero-order chi connectivity index (χ0) is 23.2. The SMILES string of the molecule is COc1cc(C)c(S(=O)(=O)N2CCN(CC(=O)c3cc(C)n(C4CC4)c3C)CC2)c(C)c1. The molecule has 0 unspecified atom stereocenters. The molecule has 0 amide bonds. The molecule has 0 spiro atoms. The molecule has 2 heterocycles. The van der Waals surface area contributed by atoms with Crippen molar-refractivity contribution < 1.29 is 17.9 Å². The fourth-order valence-corrected chi connectivity index (χ4v) is 6.77. The summed E-state index contributed by atoms with van der Waals surface area (Å²) < 4.78 is 35.7. The van der Waals surface area contributed by atoms with Crippen LogP contribution >= 0.6 is 0 Å². The lowest BCUT2D eigenvalue weighted by Crippen LogP contribution is -2.50. The van der Waals surface area contributed by atoms with Crippen LogP contribution in [0, 0.1) is 27.7 Å². The summed E-state index contributed by atoms with van der Waals surface area (Å²) in [6, 6.07) is 6.07. The van der Waals surface area contributed by atoms with Gasteiger partial charge in [0.1, 0.15) is 5.75 Å². The van der Waals surface area contributed by atoms with Gasteiger partial charge in [-0.25, -0.2) is 8.42 Å². The molecule has 1 aliphatic carbocycles. The van der Waals surface area contributed by atoms with Crippen LogP contribution in [-0.4, -0.2) is 67.8 Å². The Morgan fingerprint density at radius 1 is 1.00 bits per heavy atom. The number of methoxy groups -OCH3 is 1. The number of hydrogen-bond acceptors (Lipinski definition) is 5. The number of benzene rings is 1. The van der Waals surface area contributed by atoms with Crippen molar-refractivity contribution in [1.29, 1.82) is 0 Å². The lowest BCUT2D eigenvalue weighted by molar-refractivity contribution is 0.0901. The molecule has 7 nitrogen and oxygen atoms in total. The van der Waals surface area contributed by atoms with E-state index in [1.165, 1.54) is 17.1 Å². The van der Waals surface area contributed by atoms with E-state index in [9.17, 15) is 13.2 Å². The van der Waals surface area contributed by atoms with E-state index in [1.54, 1.807) is 33.1 Å². The highest BCUT2D eigenvalue weighted by Crippen LogP contribution is 2.38. The summed E-state index contributed by atoms with van der Waals surface area (Å²) in [5.41, 5.74) is 4.38. The van der Waals surface area contributed by atoms with Crippen LogP contribution in [0.15, 0.2) is 23.1 Å². The van der Waals surface area contributed by atoms with Crippen LogP contribution in [0.2, 0.25) is 0 Å². The Morgan fingerprint density at radius 3 is 2.12 bits per heavy atom. The van der Waals surface area contributed by atoms with Gasteiger partial charge in [0.15, 0.2) is 5.78 Å². The molecule has 1 aliphatic heterocycles. The predicted octanol–water partition coefficient (Wildman–Crippen LogP) is 3.25. The van der Waals surface area contributed by atoms with Crippen molar-refractivity contribution in [3.05, 3.63) is 46.3 Å². The van der Waals surface area contributed by atoms with Gasteiger partial charge in [-0.15, -0.1) is 0 Å². The van der Waals surface area contributed by atoms with E-state index < -0.39 is 10.0 Å². The van der Waals surface area contributed by atoms with Gasteiger partial charge >= 0.3 is 0 Å². The van der Waals surface area contributed by atoms with Crippen LogP contribution in [0.5, 0.6) is 5.75 Å². The Bertz CT molecular complexity index is 1120. The van der Waals surface area contributed by atoms with Gasteiger partial charge in [0.25, 0.3) is 0 Å². The average Bonchev–Trinajstić information content (AvgIpc) is 3.51. The number of nitrogens with zero attached hydrogens (tertiary/aromatic N) is 3. The first-order chi connectivity index (χ1) is 15.1. The first-order valence-electron chi connectivity index (χ1n) is 11.2. The Hall–Kier alpha value is -2.16. The highest BCUT2D eigenvalue weighted by atomic mass is 32.2. The second-order valence-electron chi connectivity index (χ2n) is 9.08. The van der Waals surface area contributed by atoms with Gasteiger partial charge in [-0.3, -0.25) is 9.69 Å². The van der Waals surface area contributed by atoms with Crippen LogP contribution < -0.4 is 4.74 Å². The van der Waals surface area contributed by atoms with Crippen LogP contribution in [0.25, 0.3) is 0 Å². The van der Waals surface area contributed by atoms with Crippen LogP contribution in [0.4, 0.5) is 0 Å². The third-order valence-corrected chi connectivity index (χ3v) is 8.87. The molecule has 1 saturated carbocycles. The second kappa shape index (κ2) is 8.65. The monoisotopic (exact) mass is 459 g/mol. The maximum Gasteiger partial charge on any atom is 0.243 e. The summed E-state index contributed by atoms with van der Waals surface area (Å²) in [7, 11) is -2.03. The number of sulfonamides is 1. The minimum absolute atomic E-state index is 0.114. The van der Waals surface area contributed by atoms with Crippen LogP contribution in [0.3, 0.4) is 0 Å². The number of ketones is 1. The molecule has 8 heteroatoms. The predicted molar refractivity (Wildman–Crippen MR) is 124 cm³/mol. The molecule has 0 bridgehead atoms. The number of rotatable bonds is 7. The van der Waals surface area contributed by atoms with Gasteiger partial charge < -0.3 is 9.30 Å². The Kier molecular flexibility index (Phi) is 6.22. The van der Waals surface area contributed by atoms with Gasteiger partial charge in [0.2, 0.25) is 10.0 Å². The maximum absolute atomic E-state index is 13.3. The Labute approximate surface area is 191 Å². The van der Waals surface area contributed by atoms with Gasteiger partial charge in [0, 0.05) is 49.2 Å². The highest BCUT2D eigenvalue weighted by molar-refractivity contribution is 7.89. The Morgan fingerprint density at radius 2 is 1.59 bits per heavy atom. The molecule has 174 valence electrons. The van der Waals surface area contributed by atoms with E-state index in [-0.39, 0.29) is 5.78 Å². The van der Waals surface area contributed by atoms with E-state index in [0.717, 1.165) is 17.0 Å². The minimum Gasteiger partial charge on any atom is -0.497 e. The molecular weight excluding hydrogens is 426 g/mol. The van der Waals surface area contributed by atoms with E-state index in [2.05, 4.69) is 16.4 Å². The molecule has 32 heavy (non-hydrogen) atoms. The number of ether oxygens (including phenoxy) is 1. The molecule has 2 aliphatic rings. The maximum atomic E-state index is 13.3. The quantitative estimate of drug-likeness (QED) is 0.595. The molecule has 2 aromatic rings. The Balaban J connectivity index is 1.42. The molecule has 1 saturated heterocycles. The van der Waals surface area contributed by atoms with Crippen molar-refractivity contribution in [2.24, 2.45) is 0 Å². The number of piperazine rings is 1. The number of aromatic nitrogens is 1. The molecular formula is C24H33N3O4S. The molecule has 0 radical (unpaired) electrons. The normalized spacial score (nSPS) is 18.2. The summed E-state index contributed by atoms with van der Waals surface area (Å²) in [6.07, 6.45) is 2.38. The standard InChI is InChI=1S/C24H33N3O4S/c1-16-12-21(31-5)13-17(2)24(16)32(29,30)26-10-8-25(9-11-26)15-23(28)22-14-18(3)27(19(22)4)20-6-7-20/h12-14,20H,6-11,15H2,1-5H3. The summed E-state index contributed by atoms with van der Waals surface area (Å²) in [6.45, 7) is 9.86. The van der Waals surface area contributed by atoms with Crippen molar-refractivity contribution in [2.45, 2.75) is 51.5 Å². The molecule has 1 aromatic carbocycles. The van der Waals surface area contributed by atoms with Gasteiger partial charge in [0.05, 0.1) is 18.6 Å². The lowest BCUT2D eigenvalue weighted by atomic mass is 10.1. The molecule has 2 fully saturated rings. The zero-order valence-electron chi connectivity index (χ0n) is 19.6. The van der Waals surface area contributed by atoms with Gasteiger partial charge in [-0.2, -0.15) is 4.31 Å².